The number of amidine groups is 1. The Hall–Kier alpha value is -1.51. The molecule has 0 radical (unpaired) electrons. The summed E-state index contributed by atoms with van der Waals surface area (Å²) in [6, 6.07) is 5.14. The third-order valence-electron chi connectivity index (χ3n) is 1.53. The summed E-state index contributed by atoms with van der Waals surface area (Å²) in [5, 5.41) is 16.4. The predicted octanol–water partition coefficient (Wildman–Crippen LogP) is 0.985. The van der Waals surface area contributed by atoms with Crippen LogP contribution in [0.1, 0.15) is 11.1 Å². The van der Waals surface area contributed by atoms with Crippen molar-refractivity contribution >= 4 is 5.84 Å². The third kappa shape index (κ3) is 1.32. The highest BCUT2D eigenvalue weighted by molar-refractivity contribution is 5.97. The Kier molecular flexibility index (Phi) is 1.81. The number of para-hydroxylation sites is 1. The van der Waals surface area contributed by atoms with Gasteiger partial charge in [-0.25, -0.2) is 0 Å². The van der Waals surface area contributed by atoms with Gasteiger partial charge in [0, 0.05) is 0 Å². The fourth-order valence-electron chi connectivity index (χ4n) is 0.876. The Labute approximate surface area is 65.0 Å². The first-order valence-corrected chi connectivity index (χ1v) is 3.26. The van der Waals surface area contributed by atoms with Crippen LogP contribution in [-0.4, -0.2) is 10.9 Å². The van der Waals surface area contributed by atoms with Crippen LogP contribution >= 0.6 is 0 Å². The van der Waals surface area contributed by atoms with Gasteiger partial charge in [0.05, 0.1) is 5.56 Å². The van der Waals surface area contributed by atoms with Crippen molar-refractivity contribution in [3.63, 3.8) is 0 Å². The Bertz CT molecular complexity index is 294. The molecular weight excluding hydrogens is 140 g/mol. The topological polar surface area (TPSA) is 70.1 Å². The van der Waals surface area contributed by atoms with Crippen molar-refractivity contribution in [2.75, 3.05) is 0 Å². The highest BCUT2D eigenvalue weighted by Gasteiger charge is 2.04. The van der Waals surface area contributed by atoms with Gasteiger partial charge in [-0.05, 0) is 18.6 Å². The van der Waals surface area contributed by atoms with Crippen LogP contribution in [0.25, 0.3) is 0 Å². The zero-order valence-corrected chi connectivity index (χ0v) is 6.26. The van der Waals surface area contributed by atoms with Crippen LogP contribution in [0.2, 0.25) is 0 Å². The van der Waals surface area contributed by atoms with Gasteiger partial charge in [0.2, 0.25) is 0 Å². The smallest absolute Gasteiger partial charge is 0.129 e. The Morgan fingerprint density at radius 1 is 1.55 bits per heavy atom. The molecule has 0 amide bonds. The molecule has 0 aliphatic heterocycles. The van der Waals surface area contributed by atoms with E-state index in [0.717, 1.165) is 5.56 Å². The fourth-order valence-corrected chi connectivity index (χ4v) is 0.876. The summed E-state index contributed by atoms with van der Waals surface area (Å²) < 4.78 is 0. The van der Waals surface area contributed by atoms with E-state index >= 15 is 0 Å². The molecule has 0 unspecified atom stereocenters. The molecule has 0 aromatic heterocycles. The van der Waals surface area contributed by atoms with Gasteiger partial charge in [-0.3, -0.25) is 5.41 Å². The van der Waals surface area contributed by atoms with E-state index in [1.54, 1.807) is 25.1 Å². The summed E-state index contributed by atoms with van der Waals surface area (Å²) in [6.07, 6.45) is 0. The molecule has 1 aromatic rings. The summed E-state index contributed by atoms with van der Waals surface area (Å²) in [7, 11) is 0. The van der Waals surface area contributed by atoms with Crippen LogP contribution in [0.3, 0.4) is 0 Å². The molecule has 0 heterocycles. The quantitative estimate of drug-likeness (QED) is 0.412. The summed E-state index contributed by atoms with van der Waals surface area (Å²) in [5.41, 5.74) is 6.33. The van der Waals surface area contributed by atoms with Crippen molar-refractivity contribution in [3.8, 4) is 5.75 Å². The van der Waals surface area contributed by atoms with Crippen LogP contribution in [0, 0.1) is 12.3 Å². The van der Waals surface area contributed by atoms with Crippen LogP contribution in [0.4, 0.5) is 0 Å². The first kappa shape index (κ1) is 7.60. The van der Waals surface area contributed by atoms with Crippen LogP contribution in [-0.2, 0) is 0 Å². The molecule has 1 rings (SSSR count). The molecule has 1 aromatic carbocycles. The van der Waals surface area contributed by atoms with E-state index in [4.69, 9.17) is 11.1 Å². The maximum Gasteiger partial charge on any atom is 0.129 e. The second-order valence-corrected chi connectivity index (χ2v) is 2.38. The number of aromatic hydroxyl groups is 1. The monoisotopic (exact) mass is 150 g/mol. The maximum absolute atomic E-state index is 9.35. The van der Waals surface area contributed by atoms with Gasteiger partial charge in [-0.2, -0.15) is 0 Å². The van der Waals surface area contributed by atoms with Gasteiger partial charge in [-0.15, -0.1) is 0 Å². The Balaban J connectivity index is 3.27. The summed E-state index contributed by atoms with van der Waals surface area (Å²) in [5.74, 6) is -0.00815. The standard InChI is InChI=1S/C8H10N2O/c1-5-3-2-4-6(7(5)11)8(9)10/h2-4,11H,1H3,(H3,9,10). The van der Waals surface area contributed by atoms with Crippen LogP contribution < -0.4 is 5.73 Å². The number of rotatable bonds is 1. The largest absolute Gasteiger partial charge is 0.507 e. The van der Waals surface area contributed by atoms with E-state index in [1.807, 2.05) is 0 Å². The van der Waals surface area contributed by atoms with Gasteiger partial charge in [0.1, 0.15) is 11.6 Å². The van der Waals surface area contributed by atoms with Gasteiger partial charge in [0.15, 0.2) is 0 Å². The van der Waals surface area contributed by atoms with E-state index < -0.39 is 0 Å². The van der Waals surface area contributed by atoms with Crippen molar-refractivity contribution in [1.29, 1.82) is 5.41 Å². The molecule has 3 heteroatoms. The summed E-state index contributed by atoms with van der Waals surface area (Å²) >= 11 is 0. The van der Waals surface area contributed by atoms with Gasteiger partial charge in [0.25, 0.3) is 0 Å². The molecule has 58 valence electrons. The normalized spacial score (nSPS) is 9.55. The van der Waals surface area contributed by atoms with Crippen molar-refractivity contribution in [2.45, 2.75) is 6.92 Å². The number of phenolic OH excluding ortho intramolecular Hbond substituents is 1. The van der Waals surface area contributed by atoms with E-state index in [2.05, 4.69) is 0 Å². The van der Waals surface area contributed by atoms with E-state index in [-0.39, 0.29) is 11.6 Å². The van der Waals surface area contributed by atoms with Crippen LogP contribution in [0.5, 0.6) is 5.75 Å². The molecule has 11 heavy (non-hydrogen) atoms. The maximum atomic E-state index is 9.35. The molecule has 4 N–H and O–H groups in total. The average molecular weight is 150 g/mol. The molecule has 0 aliphatic rings. The molecule has 0 aliphatic carbocycles. The predicted molar refractivity (Wildman–Crippen MR) is 43.9 cm³/mol. The minimum Gasteiger partial charge on any atom is -0.507 e. The molecule has 0 saturated carbocycles. The molecule has 0 fully saturated rings. The third-order valence-corrected chi connectivity index (χ3v) is 1.53. The second kappa shape index (κ2) is 2.62. The first-order chi connectivity index (χ1) is 5.13. The molecule has 0 bridgehead atoms. The van der Waals surface area contributed by atoms with Crippen LogP contribution in [0.15, 0.2) is 18.2 Å². The SMILES string of the molecule is Cc1cccc(C(=N)N)c1O. The molecule has 0 saturated heterocycles. The number of aryl methyl sites for hydroxylation is 1. The van der Waals surface area contributed by atoms with Gasteiger partial charge >= 0.3 is 0 Å². The van der Waals surface area contributed by atoms with Crippen molar-refractivity contribution in [2.24, 2.45) is 5.73 Å². The number of nitrogens with one attached hydrogen (secondary N) is 1. The fraction of sp³-hybridized carbons (Fsp3) is 0.125. The molecule has 0 spiro atoms. The minimum atomic E-state index is -0.105. The Morgan fingerprint density at radius 2 is 2.18 bits per heavy atom. The summed E-state index contributed by atoms with van der Waals surface area (Å²) in [6.45, 7) is 1.77. The van der Waals surface area contributed by atoms with E-state index in [9.17, 15) is 5.11 Å². The minimum absolute atomic E-state index is 0.0972. The van der Waals surface area contributed by atoms with E-state index in [1.165, 1.54) is 0 Å². The lowest BCUT2D eigenvalue weighted by atomic mass is 10.1. The molecule has 0 atom stereocenters. The second-order valence-electron chi connectivity index (χ2n) is 2.38. The highest BCUT2D eigenvalue weighted by atomic mass is 16.3. The number of hydrogen-bond donors (Lipinski definition) is 3. The van der Waals surface area contributed by atoms with Gasteiger partial charge < -0.3 is 10.8 Å². The number of phenols is 1. The Morgan fingerprint density at radius 3 is 2.64 bits per heavy atom. The molecular formula is C8H10N2O. The number of nitrogen functional groups attached to an aromatic ring is 1. The number of hydrogen-bond acceptors (Lipinski definition) is 2. The lowest BCUT2D eigenvalue weighted by Gasteiger charge is -2.03. The number of benzene rings is 1. The van der Waals surface area contributed by atoms with Gasteiger partial charge in [-0.1, -0.05) is 12.1 Å². The lowest BCUT2D eigenvalue weighted by molar-refractivity contribution is 0.470. The number of nitrogens with two attached hydrogens (primary N) is 1. The molecule has 3 nitrogen and oxygen atoms in total. The average Bonchev–Trinajstić information content (AvgIpc) is 1.94. The van der Waals surface area contributed by atoms with Crippen molar-refractivity contribution in [1.82, 2.24) is 0 Å². The van der Waals surface area contributed by atoms with Crippen molar-refractivity contribution < 1.29 is 5.11 Å². The lowest BCUT2D eigenvalue weighted by Crippen LogP contribution is -2.11. The zero-order chi connectivity index (χ0) is 8.43. The summed E-state index contributed by atoms with van der Waals surface area (Å²) in [4.78, 5) is 0. The highest BCUT2D eigenvalue weighted by Crippen LogP contribution is 2.20. The zero-order valence-electron chi connectivity index (χ0n) is 6.26. The van der Waals surface area contributed by atoms with E-state index in [0.29, 0.717) is 5.56 Å². The first-order valence-electron chi connectivity index (χ1n) is 3.26. The van der Waals surface area contributed by atoms with Crippen molar-refractivity contribution in [3.05, 3.63) is 29.3 Å².